The number of benzene rings is 1. The highest BCUT2D eigenvalue weighted by Gasteiger charge is 2.07. The molecule has 1 rings (SSSR count). The summed E-state index contributed by atoms with van der Waals surface area (Å²) in [6.07, 6.45) is 0.0866. The average molecular weight is 241 g/mol. The molecule has 4 nitrogen and oxygen atoms in total. The number of rotatable bonds is 6. The number of aliphatic hydroxyl groups is 1. The zero-order chi connectivity index (χ0) is 12.7. The summed E-state index contributed by atoms with van der Waals surface area (Å²) in [6.45, 7) is 2.27. The summed E-state index contributed by atoms with van der Waals surface area (Å²) in [5, 5.41) is 11.0. The lowest BCUT2D eigenvalue weighted by molar-refractivity contribution is -0.120. The second-order valence-electron chi connectivity index (χ2n) is 3.45. The summed E-state index contributed by atoms with van der Waals surface area (Å²) >= 11 is 0. The number of carbonyl (C=O) groups excluding carboxylic acids is 1. The Bertz CT molecular complexity index is 382. The molecule has 0 saturated heterocycles. The van der Waals surface area contributed by atoms with Gasteiger partial charge in [0.1, 0.15) is 0 Å². The number of aliphatic hydroxyl groups excluding tert-OH is 1. The molecule has 0 aliphatic rings. The molecule has 0 radical (unpaired) electrons. The Balaban J connectivity index is 2.60. The van der Waals surface area contributed by atoms with E-state index in [-0.39, 0.29) is 31.2 Å². The fraction of sp³-hybridized carbons (Fsp3) is 0.417. The quantitative estimate of drug-likeness (QED) is 0.777. The third-order valence-corrected chi connectivity index (χ3v) is 2.09. The van der Waals surface area contributed by atoms with Crippen LogP contribution in [0.3, 0.4) is 0 Å². The minimum Gasteiger partial charge on any atom is -0.491 e. The third-order valence-electron chi connectivity index (χ3n) is 2.09. The third kappa shape index (κ3) is 4.40. The summed E-state index contributed by atoms with van der Waals surface area (Å²) in [4.78, 5) is 11.3. The number of nitrogens with one attached hydrogen (secondary N) is 1. The van der Waals surface area contributed by atoms with Crippen LogP contribution in [0.2, 0.25) is 0 Å². The maximum Gasteiger partial charge on any atom is 0.224 e. The first-order valence-corrected chi connectivity index (χ1v) is 5.46. The predicted octanol–water partition coefficient (Wildman–Crippen LogP) is 0.875. The monoisotopic (exact) mass is 241 g/mol. The van der Waals surface area contributed by atoms with Crippen molar-refractivity contribution in [2.24, 2.45) is 0 Å². The average Bonchev–Trinajstić information content (AvgIpc) is 2.30. The molecule has 0 unspecified atom stereocenters. The highest BCUT2D eigenvalue weighted by Crippen LogP contribution is 2.18. The van der Waals surface area contributed by atoms with Gasteiger partial charge in [-0.3, -0.25) is 4.79 Å². The van der Waals surface area contributed by atoms with Crippen molar-refractivity contribution in [1.82, 2.24) is 5.32 Å². The highest BCUT2D eigenvalue weighted by atomic mass is 19.1. The second kappa shape index (κ2) is 6.85. The van der Waals surface area contributed by atoms with Crippen LogP contribution in [0.5, 0.6) is 5.75 Å². The van der Waals surface area contributed by atoms with E-state index < -0.39 is 5.82 Å². The summed E-state index contributed by atoms with van der Waals surface area (Å²) in [7, 11) is 0. The van der Waals surface area contributed by atoms with Gasteiger partial charge in [0.2, 0.25) is 5.91 Å². The Morgan fingerprint density at radius 2 is 2.29 bits per heavy atom. The molecule has 5 heteroatoms. The first kappa shape index (κ1) is 13.4. The number of ether oxygens (including phenoxy) is 1. The molecule has 1 aromatic rings. The summed E-state index contributed by atoms with van der Waals surface area (Å²) in [5.74, 6) is -0.533. The molecule has 1 aromatic carbocycles. The van der Waals surface area contributed by atoms with Crippen LogP contribution in [-0.4, -0.2) is 30.8 Å². The van der Waals surface area contributed by atoms with Crippen LogP contribution < -0.4 is 10.1 Å². The van der Waals surface area contributed by atoms with E-state index in [1.807, 2.05) is 0 Å². The van der Waals surface area contributed by atoms with Crippen LogP contribution in [0.15, 0.2) is 18.2 Å². The number of carbonyl (C=O) groups is 1. The van der Waals surface area contributed by atoms with Gasteiger partial charge in [-0.25, -0.2) is 4.39 Å². The van der Waals surface area contributed by atoms with Crippen molar-refractivity contribution in [2.45, 2.75) is 13.3 Å². The Morgan fingerprint density at radius 1 is 1.53 bits per heavy atom. The van der Waals surface area contributed by atoms with Crippen molar-refractivity contribution in [2.75, 3.05) is 19.8 Å². The zero-order valence-electron chi connectivity index (χ0n) is 9.70. The van der Waals surface area contributed by atoms with E-state index in [1.54, 1.807) is 13.0 Å². The number of hydrogen-bond donors (Lipinski definition) is 2. The van der Waals surface area contributed by atoms with E-state index >= 15 is 0 Å². The minimum absolute atomic E-state index is 0.0866. The molecule has 1 amide bonds. The van der Waals surface area contributed by atoms with E-state index in [0.717, 1.165) is 0 Å². The van der Waals surface area contributed by atoms with Crippen LogP contribution in [0.25, 0.3) is 0 Å². The maximum atomic E-state index is 13.4. The van der Waals surface area contributed by atoms with Crippen molar-refractivity contribution in [3.63, 3.8) is 0 Å². The SMILES string of the molecule is CCOc1ccc(CC(=O)NCCO)cc1F. The molecule has 94 valence electrons. The van der Waals surface area contributed by atoms with Gasteiger partial charge in [0.05, 0.1) is 19.6 Å². The van der Waals surface area contributed by atoms with Gasteiger partial charge in [0, 0.05) is 6.54 Å². The Labute approximate surface area is 99.4 Å². The summed E-state index contributed by atoms with van der Waals surface area (Å²) < 4.78 is 18.5. The largest absolute Gasteiger partial charge is 0.491 e. The lowest BCUT2D eigenvalue weighted by Gasteiger charge is -2.07. The predicted molar refractivity (Wildman–Crippen MR) is 61.4 cm³/mol. The molecule has 0 aliphatic carbocycles. The molecule has 0 aromatic heterocycles. The Kier molecular flexibility index (Phi) is 5.42. The smallest absolute Gasteiger partial charge is 0.224 e. The first-order valence-electron chi connectivity index (χ1n) is 5.46. The van der Waals surface area contributed by atoms with Crippen LogP contribution in [0.4, 0.5) is 4.39 Å². The van der Waals surface area contributed by atoms with Gasteiger partial charge in [-0.15, -0.1) is 0 Å². The first-order chi connectivity index (χ1) is 8.17. The van der Waals surface area contributed by atoms with Crippen LogP contribution in [-0.2, 0) is 11.2 Å². The molecule has 0 spiro atoms. The Morgan fingerprint density at radius 3 is 2.88 bits per heavy atom. The standard InChI is InChI=1S/C12H16FNO3/c1-2-17-11-4-3-9(7-10(11)13)8-12(16)14-5-6-15/h3-4,7,15H,2,5-6,8H2,1H3,(H,14,16). The Hall–Kier alpha value is -1.62. The van der Waals surface area contributed by atoms with Crippen molar-refractivity contribution >= 4 is 5.91 Å². The zero-order valence-corrected chi connectivity index (χ0v) is 9.70. The van der Waals surface area contributed by atoms with Crippen LogP contribution in [0.1, 0.15) is 12.5 Å². The molecule has 0 bridgehead atoms. The normalized spacial score (nSPS) is 10.1. The number of halogens is 1. The van der Waals surface area contributed by atoms with E-state index in [4.69, 9.17) is 9.84 Å². The molecule has 0 atom stereocenters. The van der Waals surface area contributed by atoms with Crippen molar-refractivity contribution in [3.05, 3.63) is 29.6 Å². The molecule has 0 fully saturated rings. The topological polar surface area (TPSA) is 58.6 Å². The highest BCUT2D eigenvalue weighted by molar-refractivity contribution is 5.78. The fourth-order valence-corrected chi connectivity index (χ4v) is 1.37. The van der Waals surface area contributed by atoms with Crippen LogP contribution >= 0.6 is 0 Å². The van der Waals surface area contributed by atoms with E-state index in [9.17, 15) is 9.18 Å². The van der Waals surface area contributed by atoms with Gasteiger partial charge in [-0.2, -0.15) is 0 Å². The molecular formula is C12H16FNO3. The number of hydrogen-bond acceptors (Lipinski definition) is 3. The van der Waals surface area contributed by atoms with Crippen molar-refractivity contribution in [3.8, 4) is 5.75 Å². The molecule has 0 heterocycles. The van der Waals surface area contributed by atoms with Gasteiger partial charge < -0.3 is 15.2 Å². The maximum absolute atomic E-state index is 13.4. The summed E-state index contributed by atoms with van der Waals surface area (Å²) in [5.41, 5.74) is 0.571. The van der Waals surface area contributed by atoms with E-state index in [2.05, 4.69) is 5.32 Å². The van der Waals surface area contributed by atoms with Crippen LogP contribution in [0, 0.1) is 5.82 Å². The van der Waals surface area contributed by atoms with Gasteiger partial charge in [-0.05, 0) is 24.6 Å². The molecule has 2 N–H and O–H groups in total. The minimum atomic E-state index is -0.473. The lowest BCUT2D eigenvalue weighted by Crippen LogP contribution is -2.27. The van der Waals surface area contributed by atoms with Gasteiger partial charge in [-0.1, -0.05) is 6.07 Å². The van der Waals surface area contributed by atoms with Gasteiger partial charge in [0.15, 0.2) is 11.6 Å². The molecular weight excluding hydrogens is 225 g/mol. The van der Waals surface area contributed by atoms with E-state index in [1.165, 1.54) is 12.1 Å². The second-order valence-corrected chi connectivity index (χ2v) is 3.45. The van der Waals surface area contributed by atoms with E-state index in [0.29, 0.717) is 12.2 Å². The van der Waals surface area contributed by atoms with Crippen molar-refractivity contribution < 1.29 is 19.0 Å². The van der Waals surface area contributed by atoms with Gasteiger partial charge >= 0.3 is 0 Å². The molecule has 17 heavy (non-hydrogen) atoms. The summed E-state index contributed by atoms with van der Waals surface area (Å²) in [6, 6.07) is 4.43. The fourth-order valence-electron chi connectivity index (χ4n) is 1.37. The molecule has 0 aliphatic heterocycles. The van der Waals surface area contributed by atoms with Crippen molar-refractivity contribution in [1.29, 1.82) is 0 Å². The van der Waals surface area contributed by atoms with Gasteiger partial charge in [0.25, 0.3) is 0 Å². The number of amides is 1. The molecule has 0 saturated carbocycles. The lowest BCUT2D eigenvalue weighted by atomic mass is 10.1.